The molecule has 66 valence electrons. The fourth-order valence-corrected chi connectivity index (χ4v) is 0.731. The summed E-state index contributed by atoms with van der Waals surface area (Å²) >= 11 is 4.57. The summed E-state index contributed by atoms with van der Waals surface area (Å²) < 4.78 is 1.35. The van der Waals surface area contributed by atoms with Gasteiger partial charge in [0.15, 0.2) is 0 Å². The Morgan fingerprint density at radius 3 is 2.67 bits per heavy atom. The lowest BCUT2D eigenvalue weighted by molar-refractivity contribution is 0.350. The van der Waals surface area contributed by atoms with Crippen molar-refractivity contribution in [3.63, 3.8) is 0 Å². The molecule has 0 saturated carbocycles. The minimum absolute atomic E-state index is 0.116. The fourth-order valence-electron chi connectivity index (χ4n) is 0.664. The van der Waals surface area contributed by atoms with Crippen LogP contribution < -0.4 is 17.3 Å². The Balaban J connectivity index is 2.74. The van der Waals surface area contributed by atoms with Crippen molar-refractivity contribution in [2.75, 3.05) is 11.5 Å². The van der Waals surface area contributed by atoms with Crippen molar-refractivity contribution in [2.24, 2.45) is 5.84 Å². The van der Waals surface area contributed by atoms with Crippen LogP contribution in [0.25, 0.3) is 0 Å². The van der Waals surface area contributed by atoms with Crippen molar-refractivity contribution in [3.05, 3.63) is 0 Å². The third-order valence-corrected chi connectivity index (χ3v) is 1.42. The zero-order chi connectivity index (χ0) is 9.14. The normalized spacial score (nSPS) is 9.75. The van der Waals surface area contributed by atoms with Crippen LogP contribution in [-0.4, -0.2) is 25.3 Å². The van der Waals surface area contributed by atoms with Crippen molar-refractivity contribution in [3.8, 4) is 0 Å². The highest BCUT2D eigenvalue weighted by atomic mass is 32.1. The Morgan fingerprint density at radius 2 is 2.25 bits per heavy atom. The van der Waals surface area contributed by atoms with E-state index in [0.29, 0.717) is 0 Å². The number of thiocarbonyl (C=S) groups is 1. The van der Waals surface area contributed by atoms with Crippen LogP contribution in [-0.2, 0) is 6.67 Å². The van der Waals surface area contributed by atoms with E-state index < -0.39 is 0 Å². The van der Waals surface area contributed by atoms with Gasteiger partial charge in [0.05, 0.1) is 5.49 Å². The molecule has 0 amide bonds. The van der Waals surface area contributed by atoms with E-state index in [0.717, 1.165) is 0 Å². The molecule has 0 unspecified atom stereocenters. The Labute approximate surface area is 74.1 Å². The average Bonchev–Trinajstić information content (AvgIpc) is 2.30. The standard InChI is InChI=1S/C4H9N7S/c5-3-8-4(6)11(9-3)1-10(7)2-12/h2H,1,7H2,(H4,5,6,8,9). The molecule has 1 aromatic heterocycles. The van der Waals surface area contributed by atoms with Crippen molar-refractivity contribution >= 4 is 29.6 Å². The Hall–Kier alpha value is -1.41. The Bertz CT molecular complexity index is 281. The number of hydrogen-bond acceptors (Lipinski definition) is 6. The van der Waals surface area contributed by atoms with E-state index in [-0.39, 0.29) is 18.6 Å². The summed E-state index contributed by atoms with van der Waals surface area (Å²) in [5, 5.41) is 5.00. The second-order valence-electron chi connectivity index (χ2n) is 2.09. The lowest BCUT2D eigenvalue weighted by Crippen LogP contribution is -2.31. The summed E-state index contributed by atoms with van der Waals surface area (Å²) in [6.07, 6.45) is 0. The van der Waals surface area contributed by atoms with Crippen molar-refractivity contribution < 1.29 is 0 Å². The quantitative estimate of drug-likeness (QED) is 0.301. The average molecular weight is 187 g/mol. The van der Waals surface area contributed by atoms with Gasteiger partial charge in [-0.25, -0.2) is 10.5 Å². The van der Waals surface area contributed by atoms with E-state index in [1.54, 1.807) is 0 Å². The second kappa shape index (κ2) is 3.32. The zero-order valence-corrected chi connectivity index (χ0v) is 7.03. The molecule has 1 rings (SSSR count). The van der Waals surface area contributed by atoms with E-state index in [9.17, 15) is 0 Å². The van der Waals surface area contributed by atoms with E-state index in [2.05, 4.69) is 22.3 Å². The molecule has 0 saturated heterocycles. The van der Waals surface area contributed by atoms with Gasteiger partial charge < -0.3 is 11.5 Å². The highest BCUT2D eigenvalue weighted by Gasteiger charge is 2.04. The van der Waals surface area contributed by atoms with Crippen LogP contribution in [0.15, 0.2) is 0 Å². The third kappa shape index (κ3) is 1.80. The van der Waals surface area contributed by atoms with Gasteiger partial charge in [0.2, 0.25) is 11.9 Å². The molecule has 0 aliphatic heterocycles. The summed E-state index contributed by atoms with van der Waals surface area (Å²) in [5.41, 5.74) is 12.0. The molecule has 0 aromatic carbocycles. The van der Waals surface area contributed by atoms with Crippen molar-refractivity contribution in [2.45, 2.75) is 6.67 Å². The monoisotopic (exact) mass is 187 g/mol. The summed E-state index contributed by atoms with van der Waals surface area (Å²) in [5.74, 6) is 5.70. The molecule has 6 N–H and O–H groups in total. The number of nitrogens with two attached hydrogens (primary N) is 3. The van der Waals surface area contributed by atoms with Crippen LogP contribution >= 0.6 is 12.2 Å². The fraction of sp³-hybridized carbons (Fsp3) is 0.250. The Kier molecular flexibility index (Phi) is 2.41. The van der Waals surface area contributed by atoms with Crippen LogP contribution in [0.5, 0.6) is 0 Å². The molecule has 0 aliphatic carbocycles. The highest BCUT2D eigenvalue weighted by molar-refractivity contribution is 7.78. The van der Waals surface area contributed by atoms with E-state index in [1.807, 2.05) is 0 Å². The first kappa shape index (κ1) is 8.68. The number of anilines is 2. The molecule has 0 fully saturated rings. The topological polar surface area (TPSA) is 112 Å². The smallest absolute Gasteiger partial charge is 0.241 e. The molecular formula is C4H9N7S. The molecule has 7 nitrogen and oxygen atoms in total. The van der Waals surface area contributed by atoms with Crippen LogP contribution in [0, 0.1) is 0 Å². The second-order valence-corrected chi connectivity index (χ2v) is 2.30. The summed E-state index contributed by atoms with van der Waals surface area (Å²) in [6, 6.07) is 0. The summed E-state index contributed by atoms with van der Waals surface area (Å²) in [4.78, 5) is 3.68. The minimum Gasteiger partial charge on any atom is -0.368 e. The van der Waals surface area contributed by atoms with Gasteiger partial charge >= 0.3 is 0 Å². The van der Waals surface area contributed by atoms with Gasteiger partial charge in [0, 0.05) is 0 Å². The molecule has 0 spiro atoms. The van der Waals surface area contributed by atoms with Crippen molar-refractivity contribution in [1.29, 1.82) is 0 Å². The highest BCUT2D eigenvalue weighted by Crippen LogP contribution is 2.00. The Morgan fingerprint density at radius 1 is 1.58 bits per heavy atom. The first-order valence-corrected chi connectivity index (χ1v) is 3.53. The predicted molar refractivity (Wildman–Crippen MR) is 48.5 cm³/mol. The van der Waals surface area contributed by atoms with E-state index >= 15 is 0 Å². The molecule has 12 heavy (non-hydrogen) atoms. The number of nitrogens with zero attached hydrogens (tertiary/aromatic N) is 4. The van der Waals surface area contributed by atoms with E-state index in [1.165, 1.54) is 15.2 Å². The van der Waals surface area contributed by atoms with Gasteiger partial charge in [0.1, 0.15) is 6.67 Å². The van der Waals surface area contributed by atoms with Crippen LogP contribution in [0.3, 0.4) is 0 Å². The van der Waals surface area contributed by atoms with Gasteiger partial charge in [-0.05, 0) is 0 Å². The van der Waals surface area contributed by atoms with Gasteiger partial charge in [-0.15, -0.1) is 5.10 Å². The van der Waals surface area contributed by atoms with Gasteiger partial charge in [-0.2, -0.15) is 4.98 Å². The van der Waals surface area contributed by atoms with Gasteiger partial charge in [0.25, 0.3) is 0 Å². The first-order valence-electron chi connectivity index (χ1n) is 3.06. The number of hydrogen-bond donors (Lipinski definition) is 3. The van der Waals surface area contributed by atoms with Gasteiger partial charge in [-0.1, -0.05) is 12.2 Å². The number of nitrogen functional groups attached to an aromatic ring is 2. The summed E-state index contributed by atoms with van der Waals surface area (Å²) in [6.45, 7) is 0.236. The maximum Gasteiger partial charge on any atom is 0.241 e. The van der Waals surface area contributed by atoms with Crippen LogP contribution in [0.1, 0.15) is 0 Å². The van der Waals surface area contributed by atoms with Gasteiger partial charge in [-0.3, -0.25) is 5.01 Å². The maximum atomic E-state index is 5.42. The number of hydrazine groups is 1. The minimum atomic E-state index is 0.116. The number of aromatic nitrogens is 3. The molecule has 0 atom stereocenters. The summed E-state index contributed by atoms with van der Waals surface area (Å²) in [7, 11) is 0. The molecule has 0 radical (unpaired) electrons. The van der Waals surface area contributed by atoms with Crippen molar-refractivity contribution in [1.82, 2.24) is 19.8 Å². The molecule has 1 aromatic rings. The van der Waals surface area contributed by atoms with E-state index in [4.69, 9.17) is 17.3 Å². The lowest BCUT2D eigenvalue weighted by Gasteiger charge is -2.11. The molecule has 8 heteroatoms. The largest absolute Gasteiger partial charge is 0.368 e. The lowest BCUT2D eigenvalue weighted by atomic mass is 10.9. The maximum absolute atomic E-state index is 5.42. The first-order chi connectivity index (χ1) is 5.63. The SMILES string of the molecule is Nc1nc(N)n(CN(N)C=S)n1. The molecule has 0 bridgehead atoms. The molecular weight excluding hydrogens is 178 g/mol. The van der Waals surface area contributed by atoms with Crippen LogP contribution in [0.4, 0.5) is 11.9 Å². The molecule has 1 heterocycles. The third-order valence-electron chi connectivity index (χ3n) is 1.15. The zero-order valence-electron chi connectivity index (χ0n) is 6.21. The number of rotatable bonds is 3. The predicted octanol–water partition coefficient (Wildman–Crippen LogP) is -1.47. The van der Waals surface area contributed by atoms with Crippen LogP contribution in [0.2, 0.25) is 0 Å². The molecule has 0 aliphatic rings.